The number of aryl methyl sites for hydroxylation is 3. The number of benzene rings is 2. The first-order chi connectivity index (χ1) is 14.5. The van der Waals surface area contributed by atoms with Crippen molar-refractivity contribution in [2.75, 3.05) is 7.05 Å². The maximum atomic E-state index is 13.9. The van der Waals surface area contributed by atoms with Crippen molar-refractivity contribution in [1.29, 1.82) is 0 Å². The van der Waals surface area contributed by atoms with Crippen molar-refractivity contribution in [1.82, 2.24) is 15.6 Å². The Labute approximate surface area is 179 Å². The zero-order chi connectivity index (χ0) is 21.5. The van der Waals surface area contributed by atoms with E-state index in [1.165, 1.54) is 5.56 Å². The van der Waals surface area contributed by atoms with E-state index in [9.17, 15) is 4.39 Å². The summed E-state index contributed by atoms with van der Waals surface area (Å²) in [7, 11) is 1.88. The smallest absolute Gasteiger partial charge is 0.126 e. The molecule has 156 valence electrons. The van der Waals surface area contributed by atoms with Gasteiger partial charge in [-0.1, -0.05) is 55.1 Å². The highest BCUT2D eigenvalue weighted by atomic mass is 19.1. The van der Waals surface area contributed by atoms with Gasteiger partial charge in [0.25, 0.3) is 0 Å². The first-order valence-corrected chi connectivity index (χ1v) is 10.3. The van der Waals surface area contributed by atoms with Gasteiger partial charge in [0.15, 0.2) is 0 Å². The fourth-order valence-corrected chi connectivity index (χ4v) is 3.58. The highest BCUT2D eigenvalue weighted by Crippen LogP contribution is 2.28. The Balaban J connectivity index is 1.89. The summed E-state index contributed by atoms with van der Waals surface area (Å²) < 4.78 is 13.9. The molecule has 0 bridgehead atoms. The molecule has 3 rings (SSSR count). The van der Waals surface area contributed by atoms with E-state index in [0.717, 1.165) is 35.4 Å². The average Bonchev–Trinajstić information content (AvgIpc) is 2.77. The molecular formula is C26H30FN3. The number of halogens is 1. The van der Waals surface area contributed by atoms with Gasteiger partial charge in [-0.15, -0.1) is 0 Å². The molecule has 1 heterocycles. The van der Waals surface area contributed by atoms with Crippen LogP contribution in [0.15, 0.2) is 79.1 Å². The standard InChI is InChI=1S/C26H30FN3/c1-18-16-23(13-14-24(18)27)25(15-12-21-11-10-19(2)29-17-21)30-26(20(3)28-4)22-8-6-5-7-9-22/h5-11,13-14,16-17,25-26,28,30H,3,12,15H2,1-2,4H3/t25-,26+/m0/s1. The van der Waals surface area contributed by atoms with E-state index in [1.54, 1.807) is 13.0 Å². The third-order valence-electron chi connectivity index (χ3n) is 5.45. The van der Waals surface area contributed by atoms with Crippen LogP contribution in [0.1, 0.15) is 46.5 Å². The predicted molar refractivity (Wildman–Crippen MR) is 122 cm³/mol. The second-order valence-electron chi connectivity index (χ2n) is 7.69. The van der Waals surface area contributed by atoms with Crippen LogP contribution in [-0.4, -0.2) is 12.0 Å². The van der Waals surface area contributed by atoms with Crippen LogP contribution >= 0.6 is 0 Å². The van der Waals surface area contributed by atoms with E-state index in [-0.39, 0.29) is 17.9 Å². The molecule has 1 aromatic heterocycles. The summed E-state index contributed by atoms with van der Waals surface area (Å²) in [6, 6.07) is 19.7. The normalized spacial score (nSPS) is 12.9. The van der Waals surface area contributed by atoms with Gasteiger partial charge >= 0.3 is 0 Å². The summed E-state index contributed by atoms with van der Waals surface area (Å²) in [6.07, 6.45) is 3.66. The molecule has 0 aliphatic carbocycles. The molecule has 2 aromatic carbocycles. The van der Waals surface area contributed by atoms with Gasteiger partial charge in [-0.25, -0.2) is 4.39 Å². The van der Waals surface area contributed by atoms with E-state index in [1.807, 2.05) is 56.6 Å². The minimum absolute atomic E-state index is 0.0286. The van der Waals surface area contributed by atoms with E-state index in [4.69, 9.17) is 0 Å². The summed E-state index contributed by atoms with van der Waals surface area (Å²) in [5.41, 5.74) is 5.95. The molecule has 0 fully saturated rings. The highest BCUT2D eigenvalue weighted by Gasteiger charge is 2.21. The summed E-state index contributed by atoms with van der Waals surface area (Å²) in [4.78, 5) is 4.41. The number of pyridine rings is 1. The van der Waals surface area contributed by atoms with E-state index >= 15 is 0 Å². The van der Waals surface area contributed by atoms with Crippen molar-refractivity contribution < 1.29 is 4.39 Å². The molecule has 30 heavy (non-hydrogen) atoms. The Hall–Kier alpha value is -2.98. The van der Waals surface area contributed by atoms with Crippen molar-refractivity contribution in [3.63, 3.8) is 0 Å². The molecule has 0 saturated heterocycles. The van der Waals surface area contributed by atoms with Gasteiger partial charge in [0.1, 0.15) is 5.82 Å². The van der Waals surface area contributed by atoms with E-state index in [2.05, 4.69) is 40.4 Å². The minimum atomic E-state index is -0.181. The van der Waals surface area contributed by atoms with Gasteiger partial charge in [-0.2, -0.15) is 0 Å². The zero-order valence-corrected chi connectivity index (χ0v) is 18.0. The van der Waals surface area contributed by atoms with Gasteiger partial charge in [-0.05, 0) is 61.1 Å². The molecule has 0 spiro atoms. The third kappa shape index (κ3) is 5.55. The van der Waals surface area contributed by atoms with Crippen LogP contribution in [0.2, 0.25) is 0 Å². The van der Waals surface area contributed by atoms with Crippen LogP contribution in [0.25, 0.3) is 0 Å². The molecule has 2 N–H and O–H groups in total. The molecule has 0 aliphatic rings. The number of nitrogens with one attached hydrogen (secondary N) is 2. The first kappa shape index (κ1) is 21.7. The van der Waals surface area contributed by atoms with Gasteiger partial charge in [-0.3, -0.25) is 10.3 Å². The largest absolute Gasteiger partial charge is 0.390 e. The first-order valence-electron chi connectivity index (χ1n) is 10.3. The Bertz CT molecular complexity index is 967. The second-order valence-corrected chi connectivity index (χ2v) is 7.69. The number of aromatic nitrogens is 1. The quantitative estimate of drug-likeness (QED) is 0.490. The van der Waals surface area contributed by atoms with Gasteiger partial charge in [0, 0.05) is 30.7 Å². The lowest BCUT2D eigenvalue weighted by Crippen LogP contribution is -2.31. The Morgan fingerprint density at radius 1 is 1.03 bits per heavy atom. The number of nitrogens with zero attached hydrogens (tertiary/aromatic N) is 1. The molecule has 3 aromatic rings. The third-order valence-corrected chi connectivity index (χ3v) is 5.45. The zero-order valence-electron chi connectivity index (χ0n) is 18.0. The van der Waals surface area contributed by atoms with Crippen LogP contribution in [0, 0.1) is 19.7 Å². The maximum absolute atomic E-state index is 13.9. The minimum Gasteiger partial charge on any atom is -0.390 e. The Morgan fingerprint density at radius 2 is 1.80 bits per heavy atom. The highest BCUT2D eigenvalue weighted by molar-refractivity contribution is 5.30. The van der Waals surface area contributed by atoms with E-state index in [0.29, 0.717) is 5.56 Å². The van der Waals surface area contributed by atoms with Crippen molar-refractivity contribution in [2.45, 2.75) is 38.8 Å². The van der Waals surface area contributed by atoms with Gasteiger partial charge < -0.3 is 5.32 Å². The van der Waals surface area contributed by atoms with Crippen LogP contribution in [0.3, 0.4) is 0 Å². The Morgan fingerprint density at radius 3 is 2.43 bits per heavy atom. The summed E-state index contributed by atoms with van der Waals surface area (Å²) >= 11 is 0. The molecule has 0 unspecified atom stereocenters. The van der Waals surface area contributed by atoms with Gasteiger partial charge in [0.2, 0.25) is 0 Å². The lowest BCUT2D eigenvalue weighted by atomic mass is 9.95. The second kappa shape index (κ2) is 10.2. The van der Waals surface area contributed by atoms with Crippen molar-refractivity contribution >= 4 is 0 Å². The molecule has 0 radical (unpaired) electrons. The van der Waals surface area contributed by atoms with Gasteiger partial charge in [0.05, 0.1) is 6.04 Å². The summed E-state index contributed by atoms with van der Waals surface area (Å²) in [5, 5.41) is 6.95. The summed E-state index contributed by atoms with van der Waals surface area (Å²) in [5.74, 6) is -0.181. The van der Waals surface area contributed by atoms with Crippen molar-refractivity contribution in [3.05, 3.63) is 113 Å². The molecule has 0 aliphatic heterocycles. The summed E-state index contributed by atoms with van der Waals surface area (Å²) in [6.45, 7) is 8.01. The van der Waals surface area contributed by atoms with Crippen LogP contribution in [-0.2, 0) is 6.42 Å². The number of likely N-dealkylation sites (N-methyl/N-ethyl adjacent to an activating group) is 1. The monoisotopic (exact) mass is 403 g/mol. The predicted octanol–water partition coefficient (Wildman–Crippen LogP) is 5.58. The maximum Gasteiger partial charge on any atom is 0.126 e. The molecule has 3 nitrogen and oxygen atoms in total. The van der Waals surface area contributed by atoms with E-state index < -0.39 is 0 Å². The lowest BCUT2D eigenvalue weighted by molar-refractivity contribution is 0.445. The molecule has 0 amide bonds. The van der Waals surface area contributed by atoms with Crippen LogP contribution < -0.4 is 10.6 Å². The number of hydrogen-bond acceptors (Lipinski definition) is 3. The molecular weight excluding hydrogens is 373 g/mol. The fourth-order valence-electron chi connectivity index (χ4n) is 3.58. The van der Waals surface area contributed by atoms with Crippen molar-refractivity contribution in [3.8, 4) is 0 Å². The molecule has 2 atom stereocenters. The Kier molecular flexibility index (Phi) is 7.36. The van der Waals surface area contributed by atoms with Crippen molar-refractivity contribution in [2.24, 2.45) is 0 Å². The molecule has 4 heteroatoms. The topological polar surface area (TPSA) is 37.0 Å². The number of hydrogen-bond donors (Lipinski definition) is 2. The SMILES string of the molecule is C=C(NC)[C@@H](N[C@@H](CCc1ccc(C)nc1)c1ccc(F)c(C)c1)c1ccccc1. The number of rotatable bonds is 9. The van der Waals surface area contributed by atoms with Crippen LogP contribution in [0.4, 0.5) is 4.39 Å². The average molecular weight is 404 g/mol. The molecule has 0 saturated carbocycles. The lowest BCUT2D eigenvalue weighted by Gasteiger charge is -2.28. The van der Waals surface area contributed by atoms with Crippen LogP contribution in [0.5, 0.6) is 0 Å². The fraction of sp³-hybridized carbons (Fsp3) is 0.269.